The number of rotatable bonds is 10. The SMILES string of the molecule is CCCSc1nc(N[C@@H]2C[C@H]2c2ccc(F)c(F)c2)c2nnn([C@H]3CC(O)[C@@H](OCC(F)F)C3)c2n1. The smallest absolute Gasteiger partial charge is 0.261 e. The van der Waals surface area contributed by atoms with E-state index in [0.29, 0.717) is 34.1 Å². The fourth-order valence-corrected chi connectivity index (χ4v) is 5.28. The lowest BCUT2D eigenvalue weighted by Gasteiger charge is -2.14. The molecule has 0 aliphatic heterocycles. The number of hydrogen-bond donors (Lipinski definition) is 2. The Hall–Kier alpha value is -2.51. The van der Waals surface area contributed by atoms with Crippen LogP contribution < -0.4 is 5.32 Å². The van der Waals surface area contributed by atoms with Crippen molar-refractivity contribution in [1.29, 1.82) is 0 Å². The molecule has 0 saturated heterocycles. The van der Waals surface area contributed by atoms with Crippen molar-refractivity contribution in [2.45, 2.75) is 74.4 Å². The summed E-state index contributed by atoms with van der Waals surface area (Å²) in [4.78, 5) is 9.27. The van der Waals surface area contributed by atoms with Crippen LogP contribution in [0.25, 0.3) is 11.2 Å². The molecule has 0 spiro atoms. The van der Waals surface area contributed by atoms with Crippen molar-refractivity contribution in [3.8, 4) is 0 Å². The average Bonchev–Trinajstić information content (AvgIpc) is 3.31. The number of anilines is 1. The number of aliphatic hydroxyl groups excluding tert-OH is 1. The summed E-state index contributed by atoms with van der Waals surface area (Å²) in [5.41, 5.74) is 1.62. The number of aliphatic hydroxyl groups is 1. The number of nitrogens with one attached hydrogen (secondary N) is 1. The van der Waals surface area contributed by atoms with E-state index in [0.717, 1.165) is 24.7 Å². The van der Waals surface area contributed by atoms with Gasteiger partial charge in [-0.1, -0.05) is 30.0 Å². The standard InChI is InChI=1S/C23H26F4N6O2S/c1-2-5-36-23-29-21(28-16-9-13(16)11-3-4-14(24)15(25)6-11)20-22(30-23)33(32-31-20)12-7-17(34)18(8-12)35-10-19(26)27/h3-4,6,12-13,16-19,34H,2,5,7-10H2,1H3,(H,28,29,30)/t12-,13-,16+,17?,18-/m0/s1. The third-order valence-electron chi connectivity index (χ3n) is 6.45. The van der Waals surface area contributed by atoms with Crippen molar-refractivity contribution in [2.24, 2.45) is 0 Å². The number of nitrogens with zero attached hydrogens (tertiary/aromatic N) is 5. The second-order valence-corrected chi connectivity index (χ2v) is 10.2. The van der Waals surface area contributed by atoms with E-state index in [-0.39, 0.29) is 24.4 Å². The second kappa shape index (κ2) is 10.5. The molecule has 0 amide bonds. The van der Waals surface area contributed by atoms with Crippen LogP contribution >= 0.6 is 11.8 Å². The van der Waals surface area contributed by atoms with E-state index in [9.17, 15) is 22.7 Å². The molecule has 8 nitrogen and oxygen atoms in total. The molecule has 2 N–H and O–H groups in total. The van der Waals surface area contributed by atoms with Gasteiger partial charge >= 0.3 is 0 Å². The third kappa shape index (κ3) is 5.28. The summed E-state index contributed by atoms with van der Waals surface area (Å²) in [6.07, 6.45) is -2.01. The first-order chi connectivity index (χ1) is 17.3. The van der Waals surface area contributed by atoms with Crippen LogP contribution in [0.1, 0.15) is 50.1 Å². The summed E-state index contributed by atoms with van der Waals surface area (Å²) < 4.78 is 58.9. The number of aromatic nitrogens is 5. The minimum Gasteiger partial charge on any atom is -0.390 e. The molecule has 2 aromatic heterocycles. The fourth-order valence-electron chi connectivity index (χ4n) is 4.58. The van der Waals surface area contributed by atoms with Gasteiger partial charge in [-0.3, -0.25) is 0 Å². The molecule has 1 aromatic carbocycles. The highest BCUT2D eigenvalue weighted by Crippen LogP contribution is 2.44. The van der Waals surface area contributed by atoms with Gasteiger partial charge in [0.2, 0.25) is 0 Å². The maximum absolute atomic E-state index is 13.7. The Bertz CT molecular complexity index is 1230. The zero-order valence-electron chi connectivity index (χ0n) is 19.5. The lowest BCUT2D eigenvalue weighted by Crippen LogP contribution is -2.25. The van der Waals surface area contributed by atoms with Crippen molar-refractivity contribution in [1.82, 2.24) is 25.0 Å². The highest BCUT2D eigenvalue weighted by atomic mass is 32.2. The summed E-state index contributed by atoms with van der Waals surface area (Å²) in [5, 5.41) is 22.8. The summed E-state index contributed by atoms with van der Waals surface area (Å²) in [5.74, 6) is -0.458. The van der Waals surface area contributed by atoms with Gasteiger partial charge in [0.15, 0.2) is 33.8 Å². The van der Waals surface area contributed by atoms with Gasteiger partial charge in [-0.25, -0.2) is 32.2 Å². The van der Waals surface area contributed by atoms with Gasteiger partial charge in [0.05, 0.1) is 18.2 Å². The molecule has 2 saturated carbocycles. The van der Waals surface area contributed by atoms with Gasteiger partial charge in [-0.05, 0) is 43.4 Å². The van der Waals surface area contributed by atoms with Crippen LogP contribution in [0.3, 0.4) is 0 Å². The molecule has 2 aliphatic carbocycles. The quantitative estimate of drug-likeness (QED) is 0.229. The lowest BCUT2D eigenvalue weighted by molar-refractivity contribution is -0.0617. The first-order valence-electron chi connectivity index (χ1n) is 11.9. The maximum atomic E-state index is 13.7. The molecule has 2 heterocycles. The number of benzene rings is 1. The highest BCUT2D eigenvalue weighted by molar-refractivity contribution is 7.99. The summed E-state index contributed by atoms with van der Waals surface area (Å²) in [6, 6.07) is 3.56. The van der Waals surface area contributed by atoms with Gasteiger partial charge in [-0.15, -0.1) is 5.10 Å². The summed E-state index contributed by atoms with van der Waals surface area (Å²) in [6.45, 7) is 1.31. The van der Waals surface area contributed by atoms with Crippen LogP contribution in [0.2, 0.25) is 0 Å². The molecule has 2 fully saturated rings. The average molecular weight is 527 g/mol. The van der Waals surface area contributed by atoms with Crippen LogP contribution in [-0.4, -0.2) is 67.1 Å². The molecule has 1 unspecified atom stereocenters. The van der Waals surface area contributed by atoms with Crippen LogP contribution in [0, 0.1) is 11.6 Å². The van der Waals surface area contributed by atoms with Gasteiger partial charge in [-0.2, -0.15) is 0 Å². The molecule has 0 radical (unpaired) electrons. The number of alkyl halides is 2. The van der Waals surface area contributed by atoms with E-state index in [1.54, 1.807) is 10.7 Å². The fraction of sp³-hybridized carbons (Fsp3) is 0.565. The van der Waals surface area contributed by atoms with Crippen molar-refractivity contribution in [2.75, 3.05) is 17.7 Å². The first kappa shape index (κ1) is 25.2. The molecular formula is C23H26F4N6O2S. The van der Waals surface area contributed by atoms with Crippen LogP contribution in [-0.2, 0) is 4.74 Å². The Morgan fingerprint density at radius 3 is 2.78 bits per heavy atom. The topological polar surface area (TPSA) is 98.0 Å². The van der Waals surface area contributed by atoms with E-state index < -0.39 is 36.9 Å². The number of ether oxygens (including phenoxy) is 1. The Morgan fingerprint density at radius 2 is 2.03 bits per heavy atom. The number of hydrogen-bond acceptors (Lipinski definition) is 8. The molecule has 194 valence electrons. The Labute approximate surface area is 208 Å². The summed E-state index contributed by atoms with van der Waals surface area (Å²) in [7, 11) is 0. The zero-order chi connectivity index (χ0) is 25.4. The van der Waals surface area contributed by atoms with Gasteiger partial charge in [0.1, 0.15) is 6.61 Å². The van der Waals surface area contributed by atoms with Crippen LogP contribution in [0.5, 0.6) is 0 Å². The molecule has 5 rings (SSSR count). The number of fused-ring (bicyclic) bond motifs is 1. The maximum Gasteiger partial charge on any atom is 0.261 e. The number of thioether (sulfide) groups is 1. The van der Waals surface area contributed by atoms with Gasteiger partial charge in [0, 0.05) is 17.7 Å². The van der Waals surface area contributed by atoms with Gasteiger partial charge in [0.25, 0.3) is 6.43 Å². The van der Waals surface area contributed by atoms with E-state index in [4.69, 9.17) is 4.74 Å². The molecule has 13 heteroatoms. The third-order valence-corrected chi connectivity index (χ3v) is 7.51. The van der Waals surface area contributed by atoms with E-state index in [1.807, 2.05) is 6.92 Å². The van der Waals surface area contributed by atoms with Crippen molar-refractivity contribution < 1.29 is 27.4 Å². The Balaban J connectivity index is 1.39. The lowest BCUT2D eigenvalue weighted by atomic mass is 10.1. The largest absolute Gasteiger partial charge is 0.390 e. The summed E-state index contributed by atoms with van der Waals surface area (Å²) >= 11 is 1.48. The molecule has 36 heavy (non-hydrogen) atoms. The normalized spacial score (nSPS) is 25.7. The first-order valence-corrected chi connectivity index (χ1v) is 12.9. The van der Waals surface area contributed by atoms with Gasteiger partial charge < -0.3 is 15.2 Å². The Morgan fingerprint density at radius 1 is 1.19 bits per heavy atom. The minimum absolute atomic E-state index is 0.00428. The van der Waals surface area contributed by atoms with Crippen LogP contribution in [0.15, 0.2) is 23.4 Å². The monoisotopic (exact) mass is 526 g/mol. The molecule has 3 aromatic rings. The predicted octanol–water partition coefficient (Wildman–Crippen LogP) is 4.32. The predicted molar refractivity (Wildman–Crippen MR) is 125 cm³/mol. The molecular weight excluding hydrogens is 500 g/mol. The zero-order valence-corrected chi connectivity index (χ0v) is 20.3. The van der Waals surface area contributed by atoms with Crippen molar-refractivity contribution in [3.05, 3.63) is 35.4 Å². The number of halogens is 4. The molecule has 2 aliphatic rings. The second-order valence-electron chi connectivity index (χ2n) is 9.13. The van der Waals surface area contributed by atoms with Crippen molar-refractivity contribution >= 4 is 28.7 Å². The minimum atomic E-state index is -2.61. The van der Waals surface area contributed by atoms with E-state index >= 15 is 0 Å². The molecule has 0 bridgehead atoms. The van der Waals surface area contributed by atoms with E-state index in [2.05, 4.69) is 25.6 Å². The molecule has 5 atom stereocenters. The van der Waals surface area contributed by atoms with Crippen LogP contribution in [0.4, 0.5) is 23.4 Å². The van der Waals surface area contributed by atoms with E-state index in [1.165, 1.54) is 17.8 Å². The highest BCUT2D eigenvalue weighted by Gasteiger charge is 2.40. The Kier molecular flexibility index (Phi) is 7.31. The van der Waals surface area contributed by atoms with Crippen molar-refractivity contribution in [3.63, 3.8) is 0 Å².